The highest BCUT2D eigenvalue weighted by molar-refractivity contribution is 7.32. The van der Waals surface area contributed by atoms with Gasteiger partial charge in [-0.2, -0.15) is 0 Å². The van der Waals surface area contributed by atoms with Crippen molar-refractivity contribution in [2.24, 2.45) is 0 Å². The van der Waals surface area contributed by atoms with E-state index in [9.17, 15) is 0 Å². The lowest BCUT2D eigenvalue weighted by Crippen LogP contribution is -1.85. The zero-order chi connectivity index (χ0) is 10.2. The summed E-state index contributed by atoms with van der Waals surface area (Å²) in [4.78, 5) is 0. The van der Waals surface area contributed by atoms with Crippen LogP contribution in [0.25, 0.3) is 0 Å². The first-order chi connectivity index (χ1) is 6.84. The molecule has 1 atom stereocenters. The van der Waals surface area contributed by atoms with Gasteiger partial charge in [0.1, 0.15) is 5.75 Å². The van der Waals surface area contributed by atoms with Crippen LogP contribution < -0.4 is 4.52 Å². The first-order valence-electron chi connectivity index (χ1n) is 5.30. The van der Waals surface area contributed by atoms with Gasteiger partial charge in [0.25, 0.3) is 0 Å². The molecule has 0 spiro atoms. The van der Waals surface area contributed by atoms with Crippen LogP contribution in [0.5, 0.6) is 5.75 Å². The van der Waals surface area contributed by atoms with Crippen molar-refractivity contribution >= 4 is 8.81 Å². The van der Waals surface area contributed by atoms with Crippen LogP contribution in [0.3, 0.4) is 0 Å². The topological polar surface area (TPSA) is 9.23 Å². The van der Waals surface area contributed by atoms with Crippen LogP contribution in [-0.4, -0.2) is 6.16 Å². The fraction of sp³-hybridized carbons (Fsp3) is 0.500. The molecule has 0 aliphatic carbocycles. The molecule has 0 heterocycles. The zero-order valence-corrected chi connectivity index (χ0v) is 10.0. The Hall–Kier alpha value is -0.550. The third-order valence-corrected chi connectivity index (χ3v) is 3.08. The van der Waals surface area contributed by atoms with Gasteiger partial charge < -0.3 is 4.52 Å². The minimum atomic E-state index is 0.616. The van der Waals surface area contributed by atoms with Crippen molar-refractivity contribution in [1.29, 1.82) is 0 Å². The van der Waals surface area contributed by atoms with Crippen LogP contribution >= 0.6 is 8.81 Å². The molecule has 0 aromatic heterocycles. The summed E-state index contributed by atoms with van der Waals surface area (Å²) >= 11 is 0. The molecule has 0 aliphatic rings. The summed E-state index contributed by atoms with van der Waals surface area (Å²) in [6, 6.07) is 8.20. The standard InChI is InChI=1S/C12H19OP/c1-3-4-7-10-14-13-12-9-6-5-8-11(12)2/h5-6,8-9,14H,3-4,7,10H2,1-2H3. The third-order valence-electron chi connectivity index (χ3n) is 2.16. The number of para-hydroxylation sites is 1. The number of benzene rings is 1. The Labute approximate surface area is 88.7 Å². The lowest BCUT2D eigenvalue weighted by atomic mass is 10.2. The van der Waals surface area contributed by atoms with Crippen molar-refractivity contribution in [1.82, 2.24) is 0 Å². The number of hydrogen-bond donors (Lipinski definition) is 0. The molecule has 0 radical (unpaired) electrons. The van der Waals surface area contributed by atoms with Gasteiger partial charge in [0.05, 0.1) is 8.81 Å². The zero-order valence-electron chi connectivity index (χ0n) is 9.05. The smallest absolute Gasteiger partial charge is 0.125 e. The molecule has 1 rings (SSSR count). The molecule has 2 heteroatoms. The van der Waals surface area contributed by atoms with E-state index in [1.807, 2.05) is 18.2 Å². The van der Waals surface area contributed by atoms with Gasteiger partial charge in [0.2, 0.25) is 0 Å². The molecule has 0 fully saturated rings. The Morgan fingerprint density at radius 2 is 2.00 bits per heavy atom. The number of hydrogen-bond acceptors (Lipinski definition) is 1. The maximum Gasteiger partial charge on any atom is 0.125 e. The summed E-state index contributed by atoms with van der Waals surface area (Å²) in [6.45, 7) is 4.32. The molecule has 14 heavy (non-hydrogen) atoms. The maximum atomic E-state index is 5.71. The summed E-state index contributed by atoms with van der Waals surface area (Å²) in [5, 5.41) is 0. The van der Waals surface area contributed by atoms with Gasteiger partial charge >= 0.3 is 0 Å². The van der Waals surface area contributed by atoms with E-state index in [-0.39, 0.29) is 0 Å². The molecular formula is C12H19OP. The molecule has 1 aromatic carbocycles. The predicted octanol–water partition coefficient (Wildman–Crippen LogP) is 4.16. The van der Waals surface area contributed by atoms with Crippen LogP contribution in [0.4, 0.5) is 0 Å². The second-order valence-electron chi connectivity index (χ2n) is 3.47. The molecular weight excluding hydrogens is 191 g/mol. The van der Waals surface area contributed by atoms with Gasteiger partial charge in [-0.15, -0.1) is 0 Å². The minimum Gasteiger partial charge on any atom is -0.477 e. The highest BCUT2D eigenvalue weighted by atomic mass is 31.1. The van der Waals surface area contributed by atoms with Crippen LogP contribution in [0, 0.1) is 6.92 Å². The molecule has 78 valence electrons. The van der Waals surface area contributed by atoms with Crippen molar-refractivity contribution in [2.75, 3.05) is 6.16 Å². The first-order valence-corrected chi connectivity index (χ1v) is 6.41. The van der Waals surface area contributed by atoms with Gasteiger partial charge in [-0.05, 0) is 25.0 Å². The molecule has 1 nitrogen and oxygen atoms in total. The fourth-order valence-corrected chi connectivity index (χ4v) is 2.13. The Kier molecular flexibility index (Phi) is 5.63. The van der Waals surface area contributed by atoms with E-state index in [4.69, 9.17) is 4.52 Å². The van der Waals surface area contributed by atoms with Crippen LogP contribution in [0.1, 0.15) is 31.7 Å². The fourth-order valence-electron chi connectivity index (χ4n) is 1.25. The van der Waals surface area contributed by atoms with Crippen LogP contribution in [0.15, 0.2) is 24.3 Å². The summed E-state index contributed by atoms with van der Waals surface area (Å²) in [5.41, 5.74) is 1.23. The van der Waals surface area contributed by atoms with E-state index in [0.717, 1.165) is 5.75 Å². The lowest BCUT2D eigenvalue weighted by Gasteiger charge is -2.07. The van der Waals surface area contributed by atoms with Crippen LogP contribution in [0.2, 0.25) is 0 Å². The highest BCUT2D eigenvalue weighted by Crippen LogP contribution is 2.24. The highest BCUT2D eigenvalue weighted by Gasteiger charge is 1.96. The molecule has 0 aliphatic heterocycles. The third kappa shape index (κ3) is 4.11. The van der Waals surface area contributed by atoms with E-state index in [1.54, 1.807) is 0 Å². The van der Waals surface area contributed by atoms with Gasteiger partial charge in [-0.25, -0.2) is 0 Å². The molecule has 1 unspecified atom stereocenters. The maximum absolute atomic E-state index is 5.71. The number of aryl methyl sites for hydroxylation is 1. The van der Waals surface area contributed by atoms with E-state index < -0.39 is 0 Å². The predicted molar refractivity (Wildman–Crippen MR) is 64.5 cm³/mol. The first kappa shape index (κ1) is 11.5. The average Bonchev–Trinajstić information content (AvgIpc) is 2.20. The van der Waals surface area contributed by atoms with Crippen molar-refractivity contribution in [2.45, 2.75) is 33.1 Å². The van der Waals surface area contributed by atoms with Gasteiger partial charge in [0, 0.05) is 6.16 Å². The van der Waals surface area contributed by atoms with Gasteiger partial charge in [0.15, 0.2) is 0 Å². The largest absolute Gasteiger partial charge is 0.477 e. The second-order valence-corrected chi connectivity index (χ2v) is 4.46. The SMILES string of the molecule is CCCCCPOc1ccccc1C. The Bertz CT molecular complexity index is 260. The molecule has 0 bridgehead atoms. The Morgan fingerprint density at radius 1 is 1.21 bits per heavy atom. The summed E-state index contributed by atoms with van der Waals surface area (Å²) in [7, 11) is 0.616. The van der Waals surface area contributed by atoms with E-state index >= 15 is 0 Å². The van der Waals surface area contributed by atoms with Crippen molar-refractivity contribution in [3.8, 4) is 5.75 Å². The van der Waals surface area contributed by atoms with Gasteiger partial charge in [-0.3, -0.25) is 0 Å². The van der Waals surface area contributed by atoms with Crippen molar-refractivity contribution < 1.29 is 4.52 Å². The normalized spacial score (nSPS) is 11.0. The monoisotopic (exact) mass is 210 g/mol. The molecule has 0 saturated carbocycles. The van der Waals surface area contributed by atoms with Crippen LogP contribution in [-0.2, 0) is 0 Å². The minimum absolute atomic E-state index is 0.616. The average molecular weight is 210 g/mol. The van der Waals surface area contributed by atoms with Crippen molar-refractivity contribution in [3.63, 3.8) is 0 Å². The summed E-state index contributed by atoms with van der Waals surface area (Å²) in [5.74, 6) is 1.04. The number of unbranched alkanes of at least 4 members (excludes halogenated alkanes) is 2. The Morgan fingerprint density at radius 3 is 2.71 bits per heavy atom. The lowest BCUT2D eigenvalue weighted by molar-refractivity contribution is 0.619. The number of rotatable bonds is 6. The quantitative estimate of drug-likeness (QED) is 0.506. The summed E-state index contributed by atoms with van der Waals surface area (Å²) < 4.78 is 5.71. The van der Waals surface area contributed by atoms with Crippen molar-refractivity contribution in [3.05, 3.63) is 29.8 Å². The molecule has 1 aromatic rings. The van der Waals surface area contributed by atoms with Gasteiger partial charge in [-0.1, -0.05) is 38.0 Å². The Balaban J connectivity index is 2.21. The molecule has 0 N–H and O–H groups in total. The van der Waals surface area contributed by atoms with E-state index in [0.29, 0.717) is 8.81 Å². The molecule has 0 amide bonds. The molecule has 0 saturated heterocycles. The summed E-state index contributed by atoms with van der Waals surface area (Å²) in [6.07, 6.45) is 5.10. The second kappa shape index (κ2) is 6.84. The van der Waals surface area contributed by atoms with E-state index in [2.05, 4.69) is 19.9 Å². The van der Waals surface area contributed by atoms with E-state index in [1.165, 1.54) is 31.0 Å².